The van der Waals surface area contributed by atoms with E-state index >= 15 is 0 Å². The van der Waals surface area contributed by atoms with Crippen LogP contribution < -0.4 is 10.2 Å². The van der Waals surface area contributed by atoms with Gasteiger partial charge in [-0.15, -0.1) is 0 Å². The normalized spacial score (nSPS) is 20.6. The molecule has 0 aromatic carbocycles. The molecule has 2 rings (SSSR count). The Bertz CT molecular complexity index is 357. The molecule has 0 unspecified atom stereocenters. The molecule has 1 atom stereocenters. The van der Waals surface area contributed by atoms with E-state index in [-0.39, 0.29) is 5.91 Å². The van der Waals surface area contributed by atoms with Crippen molar-refractivity contribution >= 4 is 11.9 Å². The van der Waals surface area contributed by atoms with Crippen LogP contribution in [0.4, 0.5) is 5.95 Å². The van der Waals surface area contributed by atoms with Gasteiger partial charge in [0.05, 0.1) is 13.2 Å². The predicted octanol–water partition coefficient (Wildman–Crippen LogP) is -0.572. The van der Waals surface area contributed by atoms with Crippen molar-refractivity contribution in [3.63, 3.8) is 0 Å². The topological polar surface area (TPSA) is 67.4 Å². The Morgan fingerprint density at radius 3 is 3.00 bits per heavy atom. The summed E-state index contributed by atoms with van der Waals surface area (Å²) < 4.78 is 5.37. The van der Waals surface area contributed by atoms with Crippen LogP contribution in [0.25, 0.3) is 0 Å². The molecule has 1 aromatic rings. The third-order valence-corrected chi connectivity index (χ3v) is 2.44. The number of amides is 1. The smallest absolute Gasteiger partial charge is 0.250 e. The fraction of sp³-hybridized carbons (Fsp3) is 0.500. The zero-order valence-corrected chi connectivity index (χ0v) is 9.09. The largest absolute Gasteiger partial charge is 0.365 e. The number of nitrogens with zero attached hydrogens (tertiary/aromatic N) is 3. The number of ether oxygens (including phenoxy) is 1. The minimum Gasteiger partial charge on any atom is -0.365 e. The molecule has 0 bridgehead atoms. The second kappa shape index (κ2) is 4.89. The molecule has 2 heterocycles. The zero-order valence-electron chi connectivity index (χ0n) is 9.09. The predicted molar refractivity (Wildman–Crippen MR) is 58.1 cm³/mol. The van der Waals surface area contributed by atoms with Crippen LogP contribution in [0.1, 0.15) is 0 Å². The van der Waals surface area contributed by atoms with Crippen LogP contribution in [0.3, 0.4) is 0 Å². The maximum atomic E-state index is 11.4. The number of anilines is 1. The maximum Gasteiger partial charge on any atom is 0.250 e. The molecule has 1 fully saturated rings. The van der Waals surface area contributed by atoms with Crippen LogP contribution in [0.15, 0.2) is 18.5 Å². The van der Waals surface area contributed by atoms with Crippen LogP contribution >= 0.6 is 0 Å². The summed E-state index contributed by atoms with van der Waals surface area (Å²) in [5.74, 6) is 0.528. The van der Waals surface area contributed by atoms with E-state index in [2.05, 4.69) is 15.3 Å². The van der Waals surface area contributed by atoms with E-state index in [4.69, 9.17) is 4.74 Å². The summed E-state index contributed by atoms with van der Waals surface area (Å²) in [5.41, 5.74) is 0. The van der Waals surface area contributed by atoms with Gasteiger partial charge < -0.3 is 15.0 Å². The monoisotopic (exact) mass is 222 g/mol. The van der Waals surface area contributed by atoms with Crippen molar-refractivity contribution in [3.05, 3.63) is 18.5 Å². The molecule has 1 aromatic heterocycles. The van der Waals surface area contributed by atoms with Gasteiger partial charge in [-0.25, -0.2) is 9.97 Å². The van der Waals surface area contributed by atoms with Crippen LogP contribution in [-0.2, 0) is 9.53 Å². The van der Waals surface area contributed by atoms with Crippen molar-refractivity contribution in [1.29, 1.82) is 0 Å². The molecular weight excluding hydrogens is 208 g/mol. The molecule has 86 valence electrons. The van der Waals surface area contributed by atoms with Crippen molar-refractivity contribution in [2.75, 3.05) is 31.6 Å². The zero-order chi connectivity index (χ0) is 11.4. The Morgan fingerprint density at radius 1 is 1.56 bits per heavy atom. The molecule has 16 heavy (non-hydrogen) atoms. The lowest BCUT2D eigenvalue weighted by atomic mass is 10.2. The number of carbonyl (C=O) groups excluding carboxylic acids is 1. The number of nitrogens with one attached hydrogen (secondary N) is 1. The fourth-order valence-corrected chi connectivity index (χ4v) is 1.61. The highest BCUT2D eigenvalue weighted by Gasteiger charge is 2.26. The lowest BCUT2D eigenvalue weighted by molar-refractivity contribution is -0.132. The van der Waals surface area contributed by atoms with E-state index in [1.807, 2.05) is 4.90 Å². The van der Waals surface area contributed by atoms with Crippen molar-refractivity contribution < 1.29 is 9.53 Å². The first-order valence-corrected chi connectivity index (χ1v) is 5.16. The summed E-state index contributed by atoms with van der Waals surface area (Å²) in [5, 5.41) is 2.58. The first-order valence-electron chi connectivity index (χ1n) is 5.16. The van der Waals surface area contributed by atoms with Gasteiger partial charge in [0.25, 0.3) is 5.91 Å². The lowest BCUT2D eigenvalue weighted by Gasteiger charge is -2.31. The number of aromatic nitrogens is 2. The van der Waals surface area contributed by atoms with Gasteiger partial charge in [-0.05, 0) is 6.07 Å². The highest BCUT2D eigenvalue weighted by molar-refractivity contribution is 5.81. The van der Waals surface area contributed by atoms with E-state index in [1.54, 1.807) is 25.5 Å². The molecule has 0 radical (unpaired) electrons. The highest BCUT2D eigenvalue weighted by atomic mass is 16.5. The first-order chi connectivity index (χ1) is 7.81. The van der Waals surface area contributed by atoms with Crippen molar-refractivity contribution in [1.82, 2.24) is 15.3 Å². The first kappa shape index (κ1) is 10.8. The Morgan fingerprint density at radius 2 is 2.31 bits per heavy atom. The quantitative estimate of drug-likeness (QED) is 0.725. The molecule has 0 spiro atoms. The van der Waals surface area contributed by atoms with Crippen LogP contribution in [-0.4, -0.2) is 48.7 Å². The van der Waals surface area contributed by atoms with E-state index < -0.39 is 6.10 Å². The van der Waals surface area contributed by atoms with Gasteiger partial charge in [-0.1, -0.05) is 0 Å². The van der Waals surface area contributed by atoms with Gasteiger partial charge in [0.1, 0.15) is 0 Å². The van der Waals surface area contributed by atoms with Crippen LogP contribution in [0.5, 0.6) is 0 Å². The minimum absolute atomic E-state index is 0.111. The minimum atomic E-state index is -0.442. The highest BCUT2D eigenvalue weighted by Crippen LogP contribution is 2.11. The third kappa shape index (κ3) is 2.27. The summed E-state index contributed by atoms with van der Waals surface area (Å²) >= 11 is 0. The molecule has 0 saturated carbocycles. The Kier molecular flexibility index (Phi) is 3.31. The van der Waals surface area contributed by atoms with Gasteiger partial charge in [-0.3, -0.25) is 4.79 Å². The fourth-order valence-electron chi connectivity index (χ4n) is 1.61. The third-order valence-electron chi connectivity index (χ3n) is 2.44. The van der Waals surface area contributed by atoms with Crippen LogP contribution in [0, 0.1) is 0 Å². The summed E-state index contributed by atoms with van der Waals surface area (Å²) in [4.78, 5) is 21.7. The molecule has 0 aliphatic carbocycles. The summed E-state index contributed by atoms with van der Waals surface area (Å²) in [6.07, 6.45) is 2.93. The van der Waals surface area contributed by atoms with E-state index in [0.717, 1.165) is 0 Å². The van der Waals surface area contributed by atoms with Gasteiger partial charge in [0, 0.05) is 26.0 Å². The SMILES string of the molecule is CNC(=O)[C@@H]1CN(c2ncccn2)CCO1. The molecule has 1 aliphatic rings. The van der Waals surface area contributed by atoms with Gasteiger partial charge >= 0.3 is 0 Å². The maximum absolute atomic E-state index is 11.4. The van der Waals surface area contributed by atoms with Crippen molar-refractivity contribution in [2.24, 2.45) is 0 Å². The Labute approximate surface area is 93.6 Å². The number of carbonyl (C=O) groups is 1. The number of hydrogen-bond donors (Lipinski definition) is 1. The molecule has 1 aliphatic heterocycles. The number of rotatable bonds is 2. The number of hydrogen-bond acceptors (Lipinski definition) is 5. The van der Waals surface area contributed by atoms with Gasteiger partial charge in [-0.2, -0.15) is 0 Å². The summed E-state index contributed by atoms with van der Waals surface area (Å²) in [7, 11) is 1.60. The number of likely N-dealkylation sites (N-methyl/N-ethyl adjacent to an activating group) is 1. The molecule has 1 N–H and O–H groups in total. The Balaban J connectivity index is 2.05. The average Bonchev–Trinajstić information content (AvgIpc) is 2.39. The number of morpholine rings is 1. The molecule has 1 amide bonds. The lowest BCUT2D eigenvalue weighted by Crippen LogP contribution is -2.49. The summed E-state index contributed by atoms with van der Waals surface area (Å²) in [6.45, 7) is 1.71. The molecule has 6 heteroatoms. The molecule has 6 nitrogen and oxygen atoms in total. The van der Waals surface area contributed by atoms with E-state index in [9.17, 15) is 4.79 Å². The second-order valence-electron chi connectivity index (χ2n) is 3.47. The Hall–Kier alpha value is -1.69. The average molecular weight is 222 g/mol. The standard InChI is InChI=1S/C10H14N4O2/c1-11-9(15)8-7-14(5-6-16-8)10-12-3-2-4-13-10/h2-4,8H,5-7H2,1H3,(H,11,15)/t8-/m0/s1. The van der Waals surface area contributed by atoms with Gasteiger partial charge in [0.2, 0.25) is 5.95 Å². The van der Waals surface area contributed by atoms with E-state index in [1.165, 1.54) is 0 Å². The van der Waals surface area contributed by atoms with E-state index in [0.29, 0.717) is 25.6 Å². The molecular formula is C10H14N4O2. The van der Waals surface area contributed by atoms with Crippen molar-refractivity contribution in [3.8, 4) is 0 Å². The van der Waals surface area contributed by atoms with Crippen LogP contribution in [0.2, 0.25) is 0 Å². The second-order valence-corrected chi connectivity index (χ2v) is 3.47. The van der Waals surface area contributed by atoms with Crippen molar-refractivity contribution in [2.45, 2.75) is 6.10 Å². The van der Waals surface area contributed by atoms with Gasteiger partial charge in [0.15, 0.2) is 6.10 Å². The molecule has 1 saturated heterocycles. The summed E-state index contributed by atoms with van der Waals surface area (Å²) in [6, 6.07) is 1.76.